The summed E-state index contributed by atoms with van der Waals surface area (Å²) in [6.07, 6.45) is 1.48. The SMILES string of the molecule is CCCC(=O)CSCC(=O)OC. The lowest BCUT2D eigenvalue weighted by Crippen LogP contribution is -2.07. The number of hydrogen-bond acceptors (Lipinski definition) is 4. The van der Waals surface area contributed by atoms with Gasteiger partial charge in [0.05, 0.1) is 18.6 Å². The van der Waals surface area contributed by atoms with Crippen molar-refractivity contribution in [1.29, 1.82) is 0 Å². The summed E-state index contributed by atoms with van der Waals surface area (Å²) < 4.78 is 4.42. The maximum atomic E-state index is 10.9. The Hall–Kier alpha value is -0.510. The molecule has 0 saturated carbocycles. The predicted octanol–water partition coefficient (Wildman–Crippen LogP) is 1.26. The third-order valence-electron chi connectivity index (χ3n) is 1.24. The lowest BCUT2D eigenvalue weighted by molar-refractivity contribution is -0.137. The van der Waals surface area contributed by atoms with Crippen LogP contribution in [0, 0.1) is 0 Å². The van der Waals surface area contributed by atoms with Gasteiger partial charge in [-0.2, -0.15) is 0 Å². The molecule has 0 aromatic heterocycles. The summed E-state index contributed by atoms with van der Waals surface area (Å²) in [4.78, 5) is 21.5. The summed E-state index contributed by atoms with van der Waals surface area (Å²) in [5, 5.41) is 0. The van der Waals surface area contributed by atoms with Crippen LogP contribution in [-0.4, -0.2) is 30.4 Å². The first kappa shape index (κ1) is 11.5. The smallest absolute Gasteiger partial charge is 0.315 e. The lowest BCUT2D eigenvalue weighted by Gasteiger charge is -1.98. The van der Waals surface area contributed by atoms with Crippen LogP contribution in [0.5, 0.6) is 0 Å². The van der Waals surface area contributed by atoms with E-state index in [4.69, 9.17) is 0 Å². The van der Waals surface area contributed by atoms with Crippen LogP contribution in [0.1, 0.15) is 19.8 Å². The van der Waals surface area contributed by atoms with Gasteiger partial charge in [-0.15, -0.1) is 11.8 Å². The van der Waals surface area contributed by atoms with Gasteiger partial charge in [-0.1, -0.05) is 6.92 Å². The minimum Gasteiger partial charge on any atom is -0.468 e. The second kappa shape index (κ2) is 7.16. The Kier molecular flexibility index (Phi) is 6.85. The average Bonchev–Trinajstić information content (AvgIpc) is 2.04. The Morgan fingerprint density at radius 2 is 2.00 bits per heavy atom. The molecule has 0 rings (SSSR count). The zero-order valence-electron chi connectivity index (χ0n) is 7.46. The molecule has 0 spiro atoms. The molecule has 12 heavy (non-hydrogen) atoms. The number of thioether (sulfide) groups is 1. The first-order valence-corrected chi connectivity index (χ1v) is 5.02. The maximum absolute atomic E-state index is 10.9. The molecule has 3 nitrogen and oxygen atoms in total. The number of rotatable bonds is 6. The van der Waals surface area contributed by atoms with Crippen LogP contribution < -0.4 is 0 Å². The normalized spacial score (nSPS) is 9.50. The molecule has 0 aromatic carbocycles. The summed E-state index contributed by atoms with van der Waals surface area (Å²) in [5.74, 6) is 0.616. The maximum Gasteiger partial charge on any atom is 0.315 e. The zero-order valence-corrected chi connectivity index (χ0v) is 8.28. The molecule has 0 aromatic rings. The van der Waals surface area contributed by atoms with Gasteiger partial charge in [-0.25, -0.2) is 0 Å². The van der Waals surface area contributed by atoms with Crippen molar-refractivity contribution >= 4 is 23.5 Å². The van der Waals surface area contributed by atoms with Gasteiger partial charge < -0.3 is 4.74 Å². The van der Waals surface area contributed by atoms with Crippen LogP contribution in [0.4, 0.5) is 0 Å². The quantitative estimate of drug-likeness (QED) is 0.591. The lowest BCUT2D eigenvalue weighted by atomic mass is 10.3. The van der Waals surface area contributed by atoms with E-state index in [-0.39, 0.29) is 17.5 Å². The van der Waals surface area contributed by atoms with Crippen molar-refractivity contribution in [3.8, 4) is 0 Å². The van der Waals surface area contributed by atoms with Gasteiger partial charge in [0.25, 0.3) is 0 Å². The molecule has 0 aliphatic rings. The van der Waals surface area contributed by atoms with Gasteiger partial charge in [0.1, 0.15) is 5.78 Å². The molecular weight excluding hydrogens is 176 g/mol. The van der Waals surface area contributed by atoms with E-state index in [1.165, 1.54) is 18.9 Å². The predicted molar refractivity (Wildman–Crippen MR) is 49.3 cm³/mol. The summed E-state index contributed by atoms with van der Waals surface area (Å²) in [6.45, 7) is 1.96. The van der Waals surface area contributed by atoms with Crippen LogP contribution in [0.3, 0.4) is 0 Å². The Morgan fingerprint density at radius 1 is 1.33 bits per heavy atom. The van der Waals surface area contributed by atoms with E-state index in [2.05, 4.69) is 4.74 Å². The van der Waals surface area contributed by atoms with Gasteiger partial charge in [0.15, 0.2) is 0 Å². The molecule has 0 amide bonds. The average molecular weight is 190 g/mol. The van der Waals surface area contributed by atoms with Crippen LogP contribution >= 0.6 is 11.8 Å². The fourth-order valence-electron chi connectivity index (χ4n) is 0.658. The number of carbonyl (C=O) groups excluding carboxylic acids is 2. The molecule has 4 heteroatoms. The van der Waals surface area contributed by atoms with Crippen molar-refractivity contribution in [3.63, 3.8) is 0 Å². The molecule has 0 radical (unpaired) electrons. The molecule has 0 aliphatic heterocycles. The van der Waals surface area contributed by atoms with Crippen molar-refractivity contribution < 1.29 is 14.3 Å². The van der Waals surface area contributed by atoms with E-state index in [9.17, 15) is 9.59 Å². The summed E-state index contributed by atoms with van der Waals surface area (Å²) in [7, 11) is 1.34. The highest BCUT2D eigenvalue weighted by molar-refractivity contribution is 8.00. The first-order valence-electron chi connectivity index (χ1n) is 3.87. The highest BCUT2D eigenvalue weighted by atomic mass is 32.2. The zero-order chi connectivity index (χ0) is 9.40. The van der Waals surface area contributed by atoms with Crippen LogP contribution in [0.15, 0.2) is 0 Å². The van der Waals surface area contributed by atoms with Crippen LogP contribution in [0.2, 0.25) is 0 Å². The van der Waals surface area contributed by atoms with Crippen molar-refractivity contribution in [2.75, 3.05) is 18.6 Å². The summed E-state index contributed by atoms with van der Waals surface area (Å²) in [6, 6.07) is 0. The topological polar surface area (TPSA) is 43.4 Å². The van der Waals surface area contributed by atoms with E-state index in [0.717, 1.165) is 6.42 Å². The molecule has 0 aliphatic carbocycles. The standard InChI is InChI=1S/C8H14O3S/c1-3-4-7(9)5-12-6-8(10)11-2/h3-6H2,1-2H3. The Morgan fingerprint density at radius 3 is 2.50 bits per heavy atom. The number of esters is 1. The second-order valence-corrected chi connectivity index (χ2v) is 3.34. The molecule has 70 valence electrons. The number of hydrogen-bond donors (Lipinski definition) is 0. The Balaban J connectivity index is 3.30. The molecule has 0 atom stereocenters. The molecule has 0 fully saturated rings. The van der Waals surface area contributed by atoms with E-state index >= 15 is 0 Å². The number of methoxy groups -OCH3 is 1. The number of Topliss-reactive ketones (excluding diaryl/α,β-unsaturated/α-hetero) is 1. The highest BCUT2D eigenvalue weighted by Gasteiger charge is 2.03. The summed E-state index contributed by atoms with van der Waals surface area (Å²) in [5.41, 5.74) is 0. The molecule has 0 N–H and O–H groups in total. The molecule has 0 bridgehead atoms. The largest absolute Gasteiger partial charge is 0.468 e. The van der Waals surface area contributed by atoms with E-state index in [1.807, 2.05) is 6.92 Å². The minimum atomic E-state index is -0.274. The van der Waals surface area contributed by atoms with Crippen molar-refractivity contribution in [3.05, 3.63) is 0 Å². The number of ether oxygens (including phenoxy) is 1. The van der Waals surface area contributed by atoms with E-state index < -0.39 is 0 Å². The van der Waals surface area contributed by atoms with Crippen LogP contribution in [-0.2, 0) is 14.3 Å². The Bertz CT molecular complexity index is 156. The fourth-order valence-corrected chi connectivity index (χ4v) is 1.42. The second-order valence-electron chi connectivity index (χ2n) is 2.36. The minimum absolute atomic E-state index is 0.200. The number of carbonyl (C=O) groups is 2. The highest BCUT2D eigenvalue weighted by Crippen LogP contribution is 2.03. The molecular formula is C8H14O3S. The monoisotopic (exact) mass is 190 g/mol. The Labute approximate surface area is 76.9 Å². The van der Waals surface area contributed by atoms with Crippen LogP contribution in [0.25, 0.3) is 0 Å². The summed E-state index contributed by atoms with van der Waals surface area (Å²) >= 11 is 1.31. The van der Waals surface area contributed by atoms with Gasteiger partial charge in [-0.3, -0.25) is 9.59 Å². The van der Waals surface area contributed by atoms with Gasteiger partial charge in [-0.05, 0) is 6.42 Å². The van der Waals surface area contributed by atoms with Gasteiger partial charge in [0, 0.05) is 6.42 Å². The van der Waals surface area contributed by atoms with Crippen molar-refractivity contribution in [1.82, 2.24) is 0 Å². The third kappa shape index (κ3) is 6.22. The van der Waals surface area contributed by atoms with Gasteiger partial charge >= 0.3 is 5.97 Å². The van der Waals surface area contributed by atoms with E-state index in [0.29, 0.717) is 12.2 Å². The first-order chi connectivity index (χ1) is 5.70. The third-order valence-corrected chi connectivity index (χ3v) is 2.21. The van der Waals surface area contributed by atoms with Crippen molar-refractivity contribution in [2.24, 2.45) is 0 Å². The molecule has 0 heterocycles. The molecule has 0 unspecified atom stereocenters. The van der Waals surface area contributed by atoms with Gasteiger partial charge in [0.2, 0.25) is 0 Å². The molecule has 0 saturated heterocycles. The fraction of sp³-hybridized carbons (Fsp3) is 0.750. The van der Waals surface area contributed by atoms with Crippen molar-refractivity contribution in [2.45, 2.75) is 19.8 Å². The number of ketones is 1. The van der Waals surface area contributed by atoms with E-state index in [1.54, 1.807) is 0 Å².